The lowest BCUT2D eigenvalue weighted by Gasteiger charge is -2.17. The molecule has 1 heterocycles. The number of halogens is 1. The van der Waals surface area contributed by atoms with Crippen LogP contribution in [0.3, 0.4) is 0 Å². The number of allylic oxidation sites excluding steroid dienone is 2. The zero-order valence-corrected chi connectivity index (χ0v) is 19.7. The maximum Gasteiger partial charge on any atom is 0.345 e. The SMILES string of the molecule is CCOCCC(O)c1ccc(C2=C(Br)CC[C@@H]2CCCc2ccc(C(=O)O)s2)cc1. The molecule has 4 nitrogen and oxygen atoms in total. The highest BCUT2D eigenvalue weighted by atomic mass is 79.9. The molecule has 162 valence electrons. The number of aliphatic hydroxyl groups excluding tert-OH is 1. The minimum Gasteiger partial charge on any atom is -0.477 e. The summed E-state index contributed by atoms with van der Waals surface area (Å²) in [5.41, 5.74) is 3.52. The third-order valence-corrected chi connectivity index (χ3v) is 7.56. The molecular formula is C24H29BrO4S. The normalized spacial score (nSPS) is 17.5. The van der Waals surface area contributed by atoms with E-state index in [9.17, 15) is 9.90 Å². The lowest BCUT2D eigenvalue weighted by Crippen LogP contribution is -2.04. The Labute approximate surface area is 190 Å². The molecule has 2 N–H and O–H groups in total. The number of aliphatic hydroxyl groups is 1. The Morgan fingerprint density at radius 1 is 1.27 bits per heavy atom. The number of hydrogen-bond donors (Lipinski definition) is 2. The largest absolute Gasteiger partial charge is 0.477 e. The fraction of sp³-hybridized carbons (Fsp3) is 0.458. The van der Waals surface area contributed by atoms with Crippen LogP contribution in [0.25, 0.3) is 5.57 Å². The van der Waals surface area contributed by atoms with E-state index in [1.807, 2.05) is 25.1 Å². The van der Waals surface area contributed by atoms with Crippen LogP contribution in [0, 0.1) is 5.92 Å². The van der Waals surface area contributed by atoms with E-state index in [-0.39, 0.29) is 0 Å². The van der Waals surface area contributed by atoms with Crippen molar-refractivity contribution in [2.75, 3.05) is 13.2 Å². The van der Waals surface area contributed by atoms with Crippen LogP contribution >= 0.6 is 27.3 Å². The number of carboxylic acids is 1. The number of aryl methyl sites for hydroxylation is 1. The molecule has 1 aromatic heterocycles. The second-order valence-electron chi connectivity index (χ2n) is 7.64. The minimum atomic E-state index is -0.845. The lowest BCUT2D eigenvalue weighted by atomic mass is 9.89. The van der Waals surface area contributed by atoms with Crippen molar-refractivity contribution in [1.29, 1.82) is 0 Å². The van der Waals surface area contributed by atoms with E-state index in [1.54, 1.807) is 6.07 Å². The van der Waals surface area contributed by atoms with E-state index in [1.165, 1.54) is 27.0 Å². The van der Waals surface area contributed by atoms with Crippen molar-refractivity contribution in [3.05, 3.63) is 61.8 Å². The fourth-order valence-electron chi connectivity index (χ4n) is 4.02. The van der Waals surface area contributed by atoms with E-state index >= 15 is 0 Å². The number of benzene rings is 1. The fourth-order valence-corrected chi connectivity index (χ4v) is 5.69. The first-order valence-corrected chi connectivity index (χ1v) is 12.2. The molecule has 1 unspecified atom stereocenters. The van der Waals surface area contributed by atoms with E-state index in [2.05, 4.69) is 28.1 Å². The molecule has 6 heteroatoms. The first-order valence-electron chi connectivity index (χ1n) is 10.6. The Kier molecular flexibility index (Phi) is 8.69. The lowest BCUT2D eigenvalue weighted by molar-refractivity contribution is 0.0702. The van der Waals surface area contributed by atoms with Crippen molar-refractivity contribution in [3.8, 4) is 0 Å². The molecule has 0 spiro atoms. The molecule has 0 fully saturated rings. The summed E-state index contributed by atoms with van der Waals surface area (Å²) in [6.45, 7) is 3.19. The second-order valence-corrected chi connectivity index (χ2v) is 9.77. The minimum absolute atomic E-state index is 0.415. The van der Waals surface area contributed by atoms with Crippen LogP contribution in [-0.2, 0) is 11.2 Å². The van der Waals surface area contributed by atoms with Gasteiger partial charge in [-0.2, -0.15) is 0 Å². The number of rotatable bonds is 11. The molecule has 1 aromatic carbocycles. The standard InChI is InChI=1S/C24H29BrO4S/c1-2-29-15-14-21(26)16-6-8-18(9-7-16)23-17(10-12-20(23)25)4-3-5-19-11-13-22(30-19)24(27)28/h6-9,11,13,17,21,26H,2-5,10,12,14-15H2,1H3,(H,27,28)/t17-,21?/m0/s1. The van der Waals surface area contributed by atoms with Crippen molar-refractivity contribution in [2.45, 2.75) is 51.6 Å². The van der Waals surface area contributed by atoms with Gasteiger partial charge in [0.25, 0.3) is 0 Å². The highest BCUT2D eigenvalue weighted by Gasteiger charge is 2.25. The number of aromatic carboxylic acids is 1. The van der Waals surface area contributed by atoms with Gasteiger partial charge in [-0.25, -0.2) is 4.79 Å². The van der Waals surface area contributed by atoms with Gasteiger partial charge in [-0.3, -0.25) is 0 Å². The molecule has 0 saturated carbocycles. The van der Waals surface area contributed by atoms with Crippen LogP contribution in [0.15, 0.2) is 40.9 Å². The topological polar surface area (TPSA) is 66.8 Å². The van der Waals surface area contributed by atoms with Crippen molar-refractivity contribution >= 4 is 38.8 Å². The van der Waals surface area contributed by atoms with Crippen LogP contribution in [0.4, 0.5) is 0 Å². The summed E-state index contributed by atoms with van der Waals surface area (Å²) in [7, 11) is 0. The van der Waals surface area contributed by atoms with Crippen LogP contribution in [0.2, 0.25) is 0 Å². The molecule has 0 saturated heterocycles. The monoisotopic (exact) mass is 492 g/mol. The molecule has 0 aliphatic heterocycles. The van der Waals surface area contributed by atoms with E-state index in [0.29, 0.717) is 30.4 Å². The van der Waals surface area contributed by atoms with Crippen molar-refractivity contribution in [3.63, 3.8) is 0 Å². The van der Waals surface area contributed by atoms with Crippen LogP contribution in [0.1, 0.15) is 70.8 Å². The van der Waals surface area contributed by atoms with Gasteiger partial charge < -0.3 is 14.9 Å². The third-order valence-electron chi connectivity index (χ3n) is 5.61. The van der Waals surface area contributed by atoms with Gasteiger partial charge in [0.1, 0.15) is 4.88 Å². The summed E-state index contributed by atoms with van der Waals surface area (Å²) in [6, 6.07) is 11.9. The maximum absolute atomic E-state index is 11.0. The summed E-state index contributed by atoms with van der Waals surface area (Å²) in [5.74, 6) is -0.338. The smallest absolute Gasteiger partial charge is 0.345 e. The van der Waals surface area contributed by atoms with Gasteiger partial charge in [-0.15, -0.1) is 11.3 Å². The van der Waals surface area contributed by atoms with E-state index in [4.69, 9.17) is 9.84 Å². The summed E-state index contributed by atoms with van der Waals surface area (Å²) < 4.78 is 6.62. The Bertz CT molecular complexity index is 872. The van der Waals surface area contributed by atoms with Crippen molar-refractivity contribution in [1.82, 2.24) is 0 Å². The van der Waals surface area contributed by atoms with Gasteiger partial charge in [-0.1, -0.05) is 40.2 Å². The first kappa shape index (κ1) is 23.2. The third kappa shape index (κ3) is 6.03. The molecular weight excluding hydrogens is 464 g/mol. The predicted octanol–water partition coefficient (Wildman–Crippen LogP) is 6.45. The molecule has 1 aliphatic carbocycles. The Balaban J connectivity index is 1.58. The predicted molar refractivity (Wildman–Crippen MR) is 125 cm³/mol. The quantitative estimate of drug-likeness (QED) is 0.354. The summed E-state index contributed by atoms with van der Waals surface area (Å²) in [4.78, 5) is 12.6. The maximum atomic E-state index is 11.0. The molecule has 3 rings (SSSR count). The van der Waals surface area contributed by atoms with Crippen LogP contribution in [-0.4, -0.2) is 29.4 Å². The highest BCUT2D eigenvalue weighted by molar-refractivity contribution is 9.11. The van der Waals surface area contributed by atoms with Gasteiger partial charge in [0, 0.05) is 24.5 Å². The van der Waals surface area contributed by atoms with Gasteiger partial charge in [0.15, 0.2) is 0 Å². The Morgan fingerprint density at radius 3 is 2.70 bits per heavy atom. The van der Waals surface area contributed by atoms with Gasteiger partial charge >= 0.3 is 5.97 Å². The van der Waals surface area contributed by atoms with Crippen LogP contribution in [0.5, 0.6) is 0 Å². The Morgan fingerprint density at radius 2 is 2.03 bits per heavy atom. The molecule has 2 aromatic rings. The molecule has 2 atom stereocenters. The van der Waals surface area contributed by atoms with Gasteiger partial charge in [-0.05, 0) is 78.3 Å². The van der Waals surface area contributed by atoms with Crippen molar-refractivity contribution in [2.24, 2.45) is 5.92 Å². The van der Waals surface area contributed by atoms with E-state index in [0.717, 1.165) is 42.5 Å². The Hall–Kier alpha value is -1.47. The number of carbonyl (C=O) groups is 1. The van der Waals surface area contributed by atoms with Gasteiger partial charge in [0.2, 0.25) is 0 Å². The second kappa shape index (κ2) is 11.2. The molecule has 0 amide bonds. The van der Waals surface area contributed by atoms with Crippen molar-refractivity contribution < 1.29 is 19.7 Å². The van der Waals surface area contributed by atoms with E-state index < -0.39 is 12.1 Å². The number of carboxylic acid groups (broad SMARTS) is 1. The summed E-state index contributed by atoms with van der Waals surface area (Å²) >= 11 is 5.16. The van der Waals surface area contributed by atoms with Crippen LogP contribution < -0.4 is 0 Å². The number of thiophene rings is 1. The number of hydrogen-bond acceptors (Lipinski definition) is 4. The van der Waals surface area contributed by atoms with Gasteiger partial charge in [0.05, 0.1) is 6.10 Å². The average molecular weight is 493 g/mol. The average Bonchev–Trinajstić information content (AvgIpc) is 3.35. The molecule has 0 bridgehead atoms. The zero-order valence-electron chi connectivity index (χ0n) is 17.3. The summed E-state index contributed by atoms with van der Waals surface area (Å²) in [6.07, 6.45) is 5.36. The molecule has 30 heavy (non-hydrogen) atoms. The molecule has 0 radical (unpaired) electrons. The highest BCUT2D eigenvalue weighted by Crippen LogP contribution is 2.44. The zero-order chi connectivity index (χ0) is 21.5. The first-order chi connectivity index (χ1) is 14.5. The number of ether oxygens (including phenoxy) is 1. The summed E-state index contributed by atoms with van der Waals surface area (Å²) in [5, 5.41) is 19.4. The molecule has 1 aliphatic rings.